The lowest BCUT2D eigenvalue weighted by Gasteiger charge is -2.19. The van der Waals surface area contributed by atoms with Gasteiger partial charge in [0.2, 0.25) is 5.97 Å². The number of hydrogen-bond acceptors (Lipinski definition) is 6. The smallest absolute Gasteiger partial charge is 0.214 e. The second kappa shape index (κ2) is 9.92. The van der Waals surface area contributed by atoms with Gasteiger partial charge in [0.25, 0.3) is 0 Å². The van der Waals surface area contributed by atoms with Crippen LogP contribution in [0, 0.1) is 29.0 Å². The van der Waals surface area contributed by atoms with Crippen LogP contribution in [0.4, 0.5) is 14.5 Å². The zero-order chi connectivity index (χ0) is 25.3. The van der Waals surface area contributed by atoms with Gasteiger partial charge in [0.15, 0.2) is 5.78 Å². The van der Waals surface area contributed by atoms with Crippen LogP contribution in [-0.2, 0) is 11.2 Å². The van der Waals surface area contributed by atoms with E-state index in [2.05, 4.69) is 5.32 Å². The summed E-state index contributed by atoms with van der Waals surface area (Å²) in [5.74, 6) is -2.33. The number of carbonyl (C=O) groups excluding carboxylic acids is 1. The Morgan fingerprint density at radius 1 is 1.20 bits per heavy atom. The maximum absolute atomic E-state index is 13.9. The Hall–Kier alpha value is -3.65. The molecule has 181 valence electrons. The number of likely N-dealkylation sites (N-methyl/N-ethyl adjacent to an activating group) is 1. The van der Waals surface area contributed by atoms with Crippen LogP contribution in [0.1, 0.15) is 28.7 Å². The third-order valence-electron chi connectivity index (χ3n) is 6.37. The van der Waals surface area contributed by atoms with E-state index in [0.29, 0.717) is 42.7 Å². The van der Waals surface area contributed by atoms with Crippen molar-refractivity contribution in [3.8, 4) is 0 Å². The molecule has 0 aliphatic heterocycles. The molecule has 0 bridgehead atoms. The first-order valence-electron chi connectivity index (χ1n) is 11.4. The Bertz CT molecular complexity index is 1280. The monoisotopic (exact) mass is 476 g/mol. The number of nitrogens with one attached hydrogen (secondary N) is 3. The van der Waals surface area contributed by atoms with Crippen molar-refractivity contribution in [2.75, 3.05) is 32.5 Å². The van der Waals surface area contributed by atoms with Crippen molar-refractivity contribution in [2.24, 2.45) is 11.7 Å². The molecule has 2 aliphatic carbocycles. The molecule has 1 radical (unpaired) electrons. The molecule has 6 nitrogen and oxygen atoms in total. The van der Waals surface area contributed by atoms with Gasteiger partial charge in [-0.05, 0) is 73.5 Å². The topological polar surface area (TPSA) is 106 Å². The van der Waals surface area contributed by atoms with Crippen LogP contribution in [0.5, 0.6) is 0 Å². The molecule has 0 aromatic heterocycles. The quantitative estimate of drug-likeness (QED) is 0.407. The van der Waals surface area contributed by atoms with Crippen molar-refractivity contribution in [3.63, 3.8) is 0 Å². The van der Waals surface area contributed by atoms with E-state index in [1.54, 1.807) is 24.3 Å². The summed E-state index contributed by atoms with van der Waals surface area (Å²) in [5.41, 5.74) is 10.4. The fourth-order valence-corrected chi connectivity index (χ4v) is 4.46. The number of rotatable bonds is 9. The van der Waals surface area contributed by atoms with E-state index in [-0.39, 0.29) is 22.9 Å². The van der Waals surface area contributed by atoms with Crippen LogP contribution < -0.4 is 11.1 Å². The fourth-order valence-electron chi connectivity index (χ4n) is 4.46. The van der Waals surface area contributed by atoms with Crippen molar-refractivity contribution in [3.05, 3.63) is 82.7 Å². The number of ketones is 1. The van der Waals surface area contributed by atoms with Crippen LogP contribution in [0.15, 0.2) is 48.2 Å². The third kappa shape index (κ3) is 5.22. The number of halogens is 2. The molecule has 4 rings (SSSR count). The number of fused-ring (bicyclic) bond motifs is 2. The largest absolute Gasteiger partial charge is 0.404 e. The van der Waals surface area contributed by atoms with Crippen LogP contribution in [0.25, 0.3) is 11.1 Å². The van der Waals surface area contributed by atoms with Crippen LogP contribution in [0.3, 0.4) is 0 Å². The normalized spacial score (nSPS) is 16.9. The molecule has 8 heteroatoms. The molecule has 2 aromatic rings. The van der Waals surface area contributed by atoms with Gasteiger partial charge in [0.1, 0.15) is 11.5 Å². The number of benzene rings is 2. The molecule has 0 heterocycles. The van der Waals surface area contributed by atoms with Gasteiger partial charge in [-0.25, -0.2) is 4.39 Å². The van der Waals surface area contributed by atoms with Gasteiger partial charge in [0.05, 0.1) is 5.57 Å². The summed E-state index contributed by atoms with van der Waals surface area (Å²) in [6, 6.07) is 9.38. The molecule has 0 saturated carbocycles. The minimum absolute atomic E-state index is 0.0730. The molecule has 0 saturated heterocycles. The lowest BCUT2D eigenvalue weighted by Crippen LogP contribution is -2.27. The van der Waals surface area contributed by atoms with Crippen LogP contribution in [-0.4, -0.2) is 49.5 Å². The van der Waals surface area contributed by atoms with E-state index in [9.17, 15) is 13.6 Å². The van der Waals surface area contributed by atoms with Gasteiger partial charge in [-0.2, -0.15) is 4.39 Å². The number of anilines is 1. The van der Waals surface area contributed by atoms with Crippen molar-refractivity contribution in [2.45, 2.75) is 12.8 Å². The molecule has 1 unspecified atom stereocenters. The Kier molecular flexibility index (Phi) is 6.93. The van der Waals surface area contributed by atoms with Gasteiger partial charge in [0, 0.05) is 42.9 Å². The highest BCUT2D eigenvalue weighted by Gasteiger charge is 2.36. The van der Waals surface area contributed by atoms with Crippen LogP contribution >= 0.6 is 0 Å². The predicted octanol–water partition coefficient (Wildman–Crippen LogP) is 4.22. The lowest BCUT2D eigenvalue weighted by atomic mass is 9.86. The number of nitrogens with two attached hydrogens (primary N) is 1. The fraction of sp³-hybridized carbons (Fsp3) is 0.259. The van der Waals surface area contributed by atoms with Crippen molar-refractivity contribution < 1.29 is 13.6 Å². The average Bonchev–Trinajstić information content (AvgIpc) is 3.57. The first-order valence-corrected chi connectivity index (χ1v) is 11.4. The number of nitrogens with zero attached hydrogens (tertiary/aromatic N) is 1. The SMILES string of the molecule is CN(C)CCNc1cc(/C(=C/N)C(=N)F)ccc1C(=N)C(=O)C1CC2=C([CH]2)c2ccc(F)cc2C1. The maximum Gasteiger partial charge on any atom is 0.214 e. The Labute approximate surface area is 203 Å². The summed E-state index contributed by atoms with van der Waals surface area (Å²) >= 11 is 0. The van der Waals surface area contributed by atoms with Gasteiger partial charge in [-0.1, -0.05) is 17.7 Å². The minimum atomic E-state index is -1.17. The second-order valence-corrected chi connectivity index (χ2v) is 9.11. The lowest BCUT2D eigenvalue weighted by molar-refractivity contribution is -0.116. The van der Waals surface area contributed by atoms with E-state index in [1.807, 2.05) is 25.4 Å². The number of allylic oxidation sites excluding steroid dienone is 3. The van der Waals surface area contributed by atoms with Gasteiger partial charge in [-0.3, -0.25) is 15.6 Å². The highest BCUT2D eigenvalue weighted by atomic mass is 19.1. The number of Topliss-reactive ketones (excluding diaryl/α,β-unsaturated/α-hetero) is 1. The molecule has 2 aromatic carbocycles. The molecule has 0 fully saturated rings. The van der Waals surface area contributed by atoms with Crippen molar-refractivity contribution >= 4 is 34.3 Å². The van der Waals surface area contributed by atoms with E-state index in [0.717, 1.165) is 28.5 Å². The first kappa shape index (κ1) is 24.5. The summed E-state index contributed by atoms with van der Waals surface area (Å²) in [5, 5.41) is 19.3. The summed E-state index contributed by atoms with van der Waals surface area (Å²) in [6.07, 6.45) is 3.90. The summed E-state index contributed by atoms with van der Waals surface area (Å²) in [7, 11) is 3.85. The predicted molar refractivity (Wildman–Crippen MR) is 136 cm³/mol. The molecule has 2 aliphatic rings. The number of hydrogen-bond donors (Lipinski definition) is 4. The highest BCUT2D eigenvalue weighted by molar-refractivity contribution is 6.46. The average molecular weight is 477 g/mol. The minimum Gasteiger partial charge on any atom is -0.404 e. The van der Waals surface area contributed by atoms with E-state index >= 15 is 0 Å². The summed E-state index contributed by atoms with van der Waals surface area (Å²) in [4.78, 5) is 15.5. The van der Waals surface area contributed by atoms with Crippen molar-refractivity contribution in [1.82, 2.24) is 4.90 Å². The van der Waals surface area contributed by atoms with E-state index in [1.165, 1.54) is 12.1 Å². The summed E-state index contributed by atoms with van der Waals surface area (Å²) < 4.78 is 27.6. The molecular formula is C27H28F2N5O. The van der Waals surface area contributed by atoms with Gasteiger partial charge in [-0.15, -0.1) is 0 Å². The maximum atomic E-state index is 13.9. The second-order valence-electron chi connectivity index (χ2n) is 9.11. The van der Waals surface area contributed by atoms with Gasteiger partial charge < -0.3 is 16.0 Å². The van der Waals surface area contributed by atoms with Crippen LogP contribution in [0.2, 0.25) is 0 Å². The molecule has 0 amide bonds. The van der Waals surface area contributed by atoms with Crippen molar-refractivity contribution in [1.29, 1.82) is 10.8 Å². The molecule has 35 heavy (non-hydrogen) atoms. The molecular weight excluding hydrogens is 448 g/mol. The zero-order valence-electron chi connectivity index (χ0n) is 19.7. The molecule has 5 N–H and O–H groups in total. The van der Waals surface area contributed by atoms with E-state index < -0.39 is 11.9 Å². The van der Waals surface area contributed by atoms with Gasteiger partial charge >= 0.3 is 0 Å². The first-order chi connectivity index (χ1) is 16.7. The molecule has 0 spiro atoms. The standard InChI is InChI=1S/C27H28F2N5O/c1-34(2)8-7-33-24-13-15(23(14-30)27(29)32)3-5-21(24)25(31)26(35)18-9-16-11-19(28)4-6-20(16)22-12-17(22)10-18/h3-6,11-14,18,31-33H,7-10,30H2,1-2H3/b23-14-,31-25?,32-27?. The van der Waals surface area contributed by atoms with E-state index in [4.69, 9.17) is 16.6 Å². The summed E-state index contributed by atoms with van der Waals surface area (Å²) in [6.45, 7) is 1.22. The third-order valence-corrected chi connectivity index (χ3v) is 6.37. The molecule has 1 atom stereocenters. The zero-order valence-corrected chi connectivity index (χ0v) is 19.7. The highest BCUT2D eigenvalue weighted by Crippen LogP contribution is 2.47. The Balaban J connectivity index is 1.64. The Morgan fingerprint density at radius 3 is 2.66 bits per heavy atom. The number of carbonyl (C=O) groups is 1. The Morgan fingerprint density at radius 2 is 1.97 bits per heavy atom.